The van der Waals surface area contributed by atoms with Crippen molar-refractivity contribution in [3.63, 3.8) is 0 Å². The lowest BCUT2D eigenvalue weighted by molar-refractivity contribution is -0.116. The van der Waals surface area contributed by atoms with E-state index in [2.05, 4.69) is 5.92 Å². The normalized spacial score (nSPS) is 11.1. The van der Waals surface area contributed by atoms with Crippen LogP contribution in [0.3, 0.4) is 0 Å². The number of rotatable bonds is 5. The van der Waals surface area contributed by atoms with Crippen molar-refractivity contribution in [3.05, 3.63) is 54.1 Å². The molecule has 0 aliphatic heterocycles. The maximum atomic E-state index is 12.2. The second-order valence-corrected chi connectivity index (χ2v) is 4.77. The largest absolute Gasteiger partial charge is 0.497 e. The highest BCUT2D eigenvalue weighted by Crippen LogP contribution is 2.29. The first-order chi connectivity index (χ1) is 11.1. The number of aldehydes is 1. The van der Waals surface area contributed by atoms with E-state index in [0.717, 1.165) is 0 Å². The van der Waals surface area contributed by atoms with Gasteiger partial charge in [-0.3, -0.25) is 9.69 Å². The van der Waals surface area contributed by atoms with Crippen molar-refractivity contribution in [1.82, 2.24) is 0 Å². The number of hydrogen-bond donors (Lipinski definition) is 1. The van der Waals surface area contributed by atoms with E-state index in [-0.39, 0.29) is 0 Å². The molecule has 0 aromatic heterocycles. The fourth-order valence-corrected chi connectivity index (χ4v) is 2.22. The zero-order valence-electron chi connectivity index (χ0n) is 12.6. The van der Waals surface area contributed by atoms with E-state index in [0.29, 0.717) is 29.0 Å². The zero-order valence-corrected chi connectivity index (χ0v) is 12.6. The molecule has 2 aromatic rings. The van der Waals surface area contributed by atoms with Gasteiger partial charge in [0.2, 0.25) is 0 Å². The summed E-state index contributed by atoms with van der Waals surface area (Å²) in [4.78, 5) is 25.1. The first-order valence-corrected chi connectivity index (χ1v) is 6.85. The summed E-state index contributed by atoms with van der Waals surface area (Å²) in [6.07, 6.45) is 5.93. The van der Waals surface area contributed by atoms with Crippen LogP contribution in [0.2, 0.25) is 0 Å². The molecule has 0 spiro atoms. The topological polar surface area (TPSA) is 72.6 Å². The summed E-state index contributed by atoms with van der Waals surface area (Å²) in [7, 11) is 1.52. The van der Waals surface area contributed by atoms with Crippen LogP contribution >= 0.6 is 0 Å². The zero-order chi connectivity index (χ0) is 16.8. The summed E-state index contributed by atoms with van der Waals surface area (Å²) >= 11 is 0. The number of ether oxygens (including phenoxy) is 1. The van der Waals surface area contributed by atoms with Crippen LogP contribution < -0.4 is 15.4 Å². The molecule has 0 radical (unpaired) electrons. The van der Waals surface area contributed by atoms with Gasteiger partial charge in [-0.15, -0.1) is 6.42 Å². The smallest absolute Gasteiger partial charge is 0.303 e. The van der Waals surface area contributed by atoms with Crippen molar-refractivity contribution in [1.29, 1.82) is 0 Å². The quantitative estimate of drug-likeness (QED) is 0.522. The molecule has 2 aromatic carbocycles. The summed E-state index contributed by atoms with van der Waals surface area (Å²) < 4.78 is 5.16. The Morgan fingerprint density at radius 2 is 2.00 bits per heavy atom. The summed E-state index contributed by atoms with van der Waals surface area (Å²) in [5.74, 6) is 2.00. The van der Waals surface area contributed by atoms with Crippen LogP contribution in [0.1, 0.15) is 11.6 Å². The molecule has 0 heterocycles. The molecule has 0 fully saturated rings. The number of anilines is 2. The molecule has 2 rings (SSSR count). The second-order valence-electron chi connectivity index (χ2n) is 4.77. The van der Waals surface area contributed by atoms with Gasteiger partial charge in [0.25, 0.3) is 0 Å². The molecular weight excluding hydrogens is 292 g/mol. The Morgan fingerprint density at radius 3 is 2.57 bits per heavy atom. The highest BCUT2D eigenvalue weighted by molar-refractivity contribution is 6.08. The standard InChI is InChI=1S/C18H16N2O3/c1-3-18(22)20(15-5-4-6-16(11-15)23-2)17(12-21)13-7-9-14(19)10-8-13/h1,4-12,17H,19H2,2H3. The first-order valence-electron chi connectivity index (χ1n) is 6.85. The average Bonchev–Trinajstić information content (AvgIpc) is 2.60. The minimum atomic E-state index is -0.855. The molecule has 0 saturated heterocycles. The third-order valence-electron chi connectivity index (χ3n) is 3.36. The van der Waals surface area contributed by atoms with Crippen molar-refractivity contribution in [2.75, 3.05) is 17.7 Å². The summed E-state index contributed by atoms with van der Waals surface area (Å²) in [5.41, 5.74) is 7.31. The molecule has 2 N–H and O–H groups in total. The number of nitrogens with two attached hydrogens (primary N) is 1. The Labute approximate surface area is 134 Å². The minimum absolute atomic E-state index is 0.473. The number of carbonyl (C=O) groups excluding carboxylic acids is 2. The van der Waals surface area contributed by atoms with Crippen molar-refractivity contribution >= 4 is 23.6 Å². The molecule has 5 heteroatoms. The van der Waals surface area contributed by atoms with Crippen LogP contribution in [0.5, 0.6) is 5.75 Å². The fraction of sp³-hybridized carbons (Fsp3) is 0.111. The van der Waals surface area contributed by atoms with Crippen LogP contribution in [-0.2, 0) is 9.59 Å². The third kappa shape index (κ3) is 3.50. The van der Waals surface area contributed by atoms with E-state index in [4.69, 9.17) is 16.9 Å². The number of terminal acetylenes is 1. The van der Waals surface area contributed by atoms with Gasteiger partial charge in [0, 0.05) is 17.4 Å². The van der Waals surface area contributed by atoms with E-state index >= 15 is 0 Å². The van der Waals surface area contributed by atoms with Crippen LogP contribution in [0.25, 0.3) is 0 Å². The predicted molar refractivity (Wildman–Crippen MR) is 89.0 cm³/mol. The molecule has 5 nitrogen and oxygen atoms in total. The molecule has 0 aliphatic carbocycles. The predicted octanol–water partition coefficient (Wildman–Crippen LogP) is 2.18. The Bertz CT molecular complexity index is 748. The second kappa shape index (κ2) is 7.14. The van der Waals surface area contributed by atoms with Crippen LogP contribution in [0.15, 0.2) is 48.5 Å². The van der Waals surface area contributed by atoms with Crippen LogP contribution in [0, 0.1) is 12.3 Å². The van der Waals surface area contributed by atoms with E-state index in [1.807, 2.05) is 0 Å². The number of nitrogen functional groups attached to an aromatic ring is 1. The van der Waals surface area contributed by atoms with Crippen molar-refractivity contribution < 1.29 is 14.3 Å². The van der Waals surface area contributed by atoms with Gasteiger partial charge in [-0.1, -0.05) is 18.2 Å². The van der Waals surface area contributed by atoms with Gasteiger partial charge in [-0.05, 0) is 35.7 Å². The lowest BCUT2D eigenvalue weighted by atomic mass is 10.0. The Hall–Kier alpha value is -3.26. The Kier molecular flexibility index (Phi) is 5.00. The number of benzene rings is 2. The maximum absolute atomic E-state index is 12.2. The molecule has 0 saturated carbocycles. The van der Waals surface area contributed by atoms with Gasteiger partial charge in [-0.25, -0.2) is 0 Å². The highest BCUT2D eigenvalue weighted by Gasteiger charge is 2.25. The van der Waals surface area contributed by atoms with Gasteiger partial charge in [0.1, 0.15) is 18.1 Å². The number of carbonyl (C=O) groups is 2. The number of hydrogen-bond acceptors (Lipinski definition) is 4. The van der Waals surface area contributed by atoms with E-state index in [1.54, 1.807) is 48.5 Å². The summed E-state index contributed by atoms with van der Waals surface area (Å²) in [6.45, 7) is 0. The van der Waals surface area contributed by atoms with Gasteiger partial charge >= 0.3 is 5.91 Å². The van der Waals surface area contributed by atoms with E-state index in [1.165, 1.54) is 12.0 Å². The lowest BCUT2D eigenvalue weighted by Gasteiger charge is -2.27. The number of amides is 1. The molecular formula is C18H16N2O3. The molecule has 0 aliphatic rings. The Morgan fingerprint density at radius 1 is 1.30 bits per heavy atom. The Balaban J connectivity index is 2.52. The number of methoxy groups -OCH3 is 1. The molecule has 0 bridgehead atoms. The SMILES string of the molecule is C#CC(=O)N(c1cccc(OC)c1)C(C=O)c1ccc(N)cc1. The van der Waals surface area contributed by atoms with Gasteiger partial charge in [0.15, 0.2) is 0 Å². The molecule has 1 atom stereocenters. The molecule has 1 unspecified atom stereocenters. The van der Waals surface area contributed by atoms with Crippen LogP contribution in [-0.4, -0.2) is 19.3 Å². The first kappa shape index (κ1) is 16.1. The third-order valence-corrected chi connectivity index (χ3v) is 3.36. The van der Waals surface area contributed by atoms with E-state index in [9.17, 15) is 9.59 Å². The van der Waals surface area contributed by atoms with Gasteiger partial charge in [-0.2, -0.15) is 0 Å². The highest BCUT2D eigenvalue weighted by atomic mass is 16.5. The number of nitrogens with zero attached hydrogens (tertiary/aromatic N) is 1. The maximum Gasteiger partial charge on any atom is 0.303 e. The molecule has 23 heavy (non-hydrogen) atoms. The lowest BCUT2D eigenvalue weighted by Crippen LogP contribution is -2.35. The van der Waals surface area contributed by atoms with Crippen molar-refractivity contribution in [2.45, 2.75) is 6.04 Å². The summed E-state index contributed by atoms with van der Waals surface area (Å²) in [6, 6.07) is 12.6. The van der Waals surface area contributed by atoms with Gasteiger partial charge < -0.3 is 15.3 Å². The monoisotopic (exact) mass is 308 g/mol. The van der Waals surface area contributed by atoms with Gasteiger partial charge in [0.05, 0.1) is 7.11 Å². The van der Waals surface area contributed by atoms with Crippen LogP contribution in [0.4, 0.5) is 11.4 Å². The molecule has 1 amide bonds. The molecule has 116 valence electrons. The van der Waals surface area contributed by atoms with E-state index < -0.39 is 11.9 Å². The van der Waals surface area contributed by atoms with Crippen molar-refractivity contribution in [3.8, 4) is 18.1 Å². The van der Waals surface area contributed by atoms with Crippen molar-refractivity contribution in [2.24, 2.45) is 0 Å². The average molecular weight is 308 g/mol. The minimum Gasteiger partial charge on any atom is -0.497 e. The summed E-state index contributed by atoms with van der Waals surface area (Å²) in [5, 5.41) is 0. The fourth-order valence-electron chi connectivity index (χ4n) is 2.22.